The van der Waals surface area contributed by atoms with Crippen LogP contribution in [0, 0.1) is 11.8 Å². The molecule has 0 aromatic carbocycles. The summed E-state index contributed by atoms with van der Waals surface area (Å²) in [6.45, 7) is 0. The third kappa shape index (κ3) is 3.23. The second kappa shape index (κ2) is 6.02. The van der Waals surface area contributed by atoms with E-state index in [2.05, 4.69) is 10.3 Å². The van der Waals surface area contributed by atoms with Crippen molar-refractivity contribution in [2.45, 2.75) is 25.7 Å². The second-order valence-corrected chi connectivity index (χ2v) is 5.02. The number of carboxylic acid groups (broad SMARTS) is 1. The van der Waals surface area contributed by atoms with Crippen LogP contribution in [0.3, 0.4) is 0 Å². The van der Waals surface area contributed by atoms with E-state index in [0.717, 1.165) is 12.8 Å². The van der Waals surface area contributed by atoms with E-state index in [1.165, 1.54) is 6.20 Å². The highest BCUT2D eigenvalue weighted by molar-refractivity contribution is 6.32. The SMILES string of the molecule is O=C(O)C1CCCCC1C(=O)Nc1cccnc1Cl. The standard InChI is InChI=1S/C13H15ClN2O3/c14-11-10(6-3-7-15-11)16-12(17)8-4-1-2-5-9(8)13(18)19/h3,6-9H,1-2,4-5H2,(H,16,17)(H,18,19). The lowest BCUT2D eigenvalue weighted by molar-refractivity contribution is -0.147. The summed E-state index contributed by atoms with van der Waals surface area (Å²) in [5.41, 5.74) is 0.420. The van der Waals surface area contributed by atoms with Crippen LogP contribution in [0.15, 0.2) is 18.3 Å². The molecule has 6 heteroatoms. The van der Waals surface area contributed by atoms with Crippen LogP contribution in [0.1, 0.15) is 25.7 Å². The zero-order chi connectivity index (χ0) is 13.8. The van der Waals surface area contributed by atoms with Crippen molar-refractivity contribution in [3.05, 3.63) is 23.5 Å². The zero-order valence-corrected chi connectivity index (χ0v) is 11.1. The minimum atomic E-state index is -0.905. The maximum atomic E-state index is 12.2. The van der Waals surface area contributed by atoms with Crippen molar-refractivity contribution < 1.29 is 14.7 Å². The van der Waals surface area contributed by atoms with Crippen LogP contribution in [-0.2, 0) is 9.59 Å². The van der Waals surface area contributed by atoms with Gasteiger partial charge in [-0.3, -0.25) is 9.59 Å². The monoisotopic (exact) mass is 282 g/mol. The number of carboxylic acids is 1. The number of aromatic nitrogens is 1. The summed E-state index contributed by atoms with van der Waals surface area (Å²) in [7, 11) is 0. The van der Waals surface area contributed by atoms with E-state index >= 15 is 0 Å². The number of pyridine rings is 1. The number of anilines is 1. The molecule has 2 unspecified atom stereocenters. The molecule has 2 atom stereocenters. The number of rotatable bonds is 3. The number of carbonyl (C=O) groups is 2. The summed E-state index contributed by atoms with van der Waals surface area (Å²) in [5, 5.41) is 12.0. The van der Waals surface area contributed by atoms with E-state index in [-0.39, 0.29) is 11.1 Å². The van der Waals surface area contributed by atoms with E-state index in [1.54, 1.807) is 12.1 Å². The number of aliphatic carboxylic acids is 1. The fraction of sp³-hybridized carbons (Fsp3) is 0.462. The van der Waals surface area contributed by atoms with Crippen molar-refractivity contribution in [1.82, 2.24) is 4.98 Å². The Bertz CT molecular complexity index is 493. The zero-order valence-electron chi connectivity index (χ0n) is 10.3. The predicted molar refractivity (Wildman–Crippen MR) is 71.0 cm³/mol. The molecule has 0 radical (unpaired) electrons. The molecule has 1 aliphatic carbocycles. The van der Waals surface area contributed by atoms with Gasteiger partial charge in [-0.1, -0.05) is 24.4 Å². The molecule has 102 valence electrons. The molecule has 5 nitrogen and oxygen atoms in total. The number of halogens is 1. The van der Waals surface area contributed by atoms with Crippen molar-refractivity contribution in [2.75, 3.05) is 5.32 Å². The van der Waals surface area contributed by atoms with Gasteiger partial charge in [0.15, 0.2) is 5.15 Å². The average molecular weight is 283 g/mol. The summed E-state index contributed by atoms with van der Waals surface area (Å²) in [6, 6.07) is 3.31. The minimum Gasteiger partial charge on any atom is -0.481 e. The lowest BCUT2D eigenvalue weighted by atomic mass is 9.78. The molecule has 2 N–H and O–H groups in total. The quantitative estimate of drug-likeness (QED) is 0.835. The van der Waals surface area contributed by atoms with Crippen molar-refractivity contribution in [3.63, 3.8) is 0 Å². The smallest absolute Gasteiger partial charge is 0.307 e. The Hall–Kier alpha value is -1.62. The Morgan fingerprint density at radius 1 is 1.32 bits per heavy atom. The van der Waals surface area contributed by atoms with Crippen LogP contribution in [0.2, 0.25) is 5.15 Å². The van der Waals surface area contributed by atoms with Gasteiger partial charge in [-0.05, 0) is 25.0 Å². The molecule has 1 fully saturated rings. The van der Waals surface area contributed by atoms with Crippen molar-refractivity contribution in [2.24, 2.45) is 11.8 Å². The molecule has 2 rings (SSSR count). The Morgan fingerprint density at radius 3 is 2.63 bits per heavy atom. The topological polar surface area (TPSA) is 79.3 Å². The van der Waals surface area contributed by atoms with E-state index in [0.29, 0.717) is 18.5 Å². The highest BCUT2D eigenvalue weighted by Crippen LogP contribution is 2.31. The summed E-state index contributed by atoms with van der Waals surface area (Å²) in [4.78, 5) is 27.2. The lowest BCUT2D eigenvalue weighted by Gasteiger charge is -2.27. The van der Waals surface area contributed by atoms with Crippen LogP contribution < -0.4 is 5.32 Å². The maximum absolute atomic E-state index is 12.2. The van der Waals surface area contributed by atoms with Gasteiger partial charge in [0.25, 0.3) is 0 Å². The largest absolute Gasteiger partial charge is 0.481 e. The van der Waals surface area contributed by atoms with Gasteiger partial charge in [0, 0.05) is 6.20 Å². The summed E-state index contributed by atoms with van der Waals surface area (Å²) < 4.78 is 0. The molecule has 1 saturated carbocycles. The Morgan fingerprint density at radius 2 is 2.00 bits per heavy atom. The van der Waals surface area contributed by atoms with E-state index in [4.69, 9.17) is 16.7 Å². The normalized spacial score (nSPS) is 22.8. The van der Waals surface area contributed by atoms with Gasteiger partial charge in [0.2, 0.25) is 5.91 Å². The first-order valence-electron chi connectivity index (χ1n) is 6.24. The molecule has 0 bridgehead atoms. The van der Waals surface area contributed by atoms with Gasteiger partial charge in [0.1, 0.15) is 0 Å². The number of nitrogens with one attached hydrogen (secondary N) is 1. The molecule has 1 amide bonds. The predicted octanol–water partition coefficient (Wildman–Crippen LogP) is 2.56. The lowest BCUT2D eigenvalue weighted by Crippen LogP contribution is -2.36. The first-order valence-corrected chi connectivity index (χ1v) is 6.61. The number of amides is 1. The molecule has 1 aliphatic rings. The molecule has 0 aliphatic heterocycles. The third-order valence-electron chi connectivity index (χ3n) is 3.44. The summed E-state index contributed by atoms with van der Waals surface area (Å²) in [5.74, 6) is -2.30. The van der Waals surface area contributed by atoms with Crippen molar-refractivity contribution in [1.29, 1.82) is 0 Å². The van der Waals surface area contributed by atoms with Gasteiger partial charge >= 0.3 is 5.97 Å². The van der Waals surface area contributed by atoms with Gasteiger partial charge in [0.05, 0.1) is 17.5 Å². The van der Waals surface area contributed by atoms with Crippen molar-refractivity contribution >= 4 is 29.2 Å². The third-order valence-corrected chi connectivity index (χ3v) is 3.74. The first kappa shape index (κ1) is 13.8. The average Bonchev–Trinajstić information content (AvgIpc) is 2.41. The Balaban J connectivity index is 2.10. The van der Waals surface area contributed by atoms with E-state index in [1.807, 2.05) is 0 Å². The highest BCUT2D eigenvalue weighted by atomic mass is 35.5. The molecule has 1 heterocycles. The summed E-state index contributed by atoms with van der Waals surface area (Å²) >= 11 is 5.86. The van der Waals surface area contributed by atoms with Crippen LogP contribution in [0.5, 0.6) is 0 Å². The molecular formula is C13H15ClN2O3. The molecule has 1 aromatic heterocycles. The second-order valence-electron chi connectivity index (χ2n) is 4.67. The van der Waals surface area contributed by atoms with E-state index < -0.39 is 17.8 Å². The minimum absolute atomic E-state index is 0.207. The molecule has 0 spiro atoms. The van der Waals surface area contributed by atoms with Crippen LogP contribution >= 0.6 is 11.6 Å². The van der Waals surface area contributed by atoms with Gasteiger partial charge in [-0.2, -0.15) is 0 Å². The number of hydrogen-bond donors (Lipinski definition) is 2. The van der Waals surface area contributed by atoms with Crippen molar-refractivity contribution in [3.8, 4) is 0 Å². The molecule has 0 saturated heterocycles. The molecule has 19 heavy (non-hydrogen) atoms. The molecular weight excluding hydrogens is 268 g/mol. The fourth-order valence-corrected chi connectivity index (χ4v) is 2.61. The highest BCUT2D eigenvalue weighted by Gasteiger charge is 2.35. The van der Waals surface area contributed by atoms with E-state index in [9.17, 15) is 9.59 Å². The number of carbonyl (C=O) groups excluding carboxylic acids is 1. The number of hydrogen-bond acceptors (Lipinski definition) is 3. The van der Waals surface area contributed by atoms with Gasteiger partial charge < -0.3 is 10.4 Å². The van der Waals surface area contributed by atoms with Gasteiger partial charge in [-0.25, -0.2) is 4.98 Å². The number of nitrogens with zero attached hydrogens (tertiary/aromatic N) is 1. The van der Waals surface area contributed by atoms with Crippen LogP contribution in [-0.4, -0.2) is 22.0 Å². The molecule has 1 aromatic rings. The first-order chi connectivity index (χ1) is 9.09. The Kier molecular flexibility index (Phi) is 4.37. The van der Waals surface area contributed by atoms with Crippen LogP contribution in [0.25, 0.3) is 0 Å². The Labute approximate surface area is 116 Å². The van der Waals surface area contributed by atoms with Crippen LogP contribution in [0.4, 0.5) is 5.69 Å². The fourth-order valence-electron chi connectivity index (χ4n) is 2.44. The maximum Gasteiger partial charge on any atom is 0.307 e. The summed E-state index contributed by atoms with van der Waals surface area (Å²) in [6.07, 6.45) is 4.41. The van der Waals surface area contributed by atoms with Gasteiger partial charge in [-0.15, -0.1) is 0 Å².